The summed E-state index contributed by atoms with van der Waals surface area (Å²) in [7, 11) is 0. The smallest absolute Gasteiger partial charge is 0.322 e. The van der Waals surface area contributed by atoms with E-state index < -0.39 is 5.97 Å². The number of carbonyl (C=O) groups is 2. The summed E-state index contributed by atoms with van der Waals surface area (Å²) in [5.41, 5.74) is 2.31. The topological polar surface area (TPSA) is 88.1 Å². The third-order valence-corrected chi connectivity index (χ3v) is 3.76. The molecule has 24 heavy (non-hydrogen) atoms. The zero-order valence-corrected chi connectivity index (χ0v) is 14.1. The zero-order valence-electron chi connectivity index (χ0n) is 14.1. The van der Waals surface area contributed by atoms with Gasteiger partial charge in [-0.15, -0.1) is 0 Å². The van der Waals surface area contributed by atoms with Crippen molar-refractivity contribution in [2.75, 3.05) is 32.8 Å². The number of nitrogens with one attached hydrogen (secondary N) is 1. The van der Waals surface area contributed by atoms with Crippen LogP contribution in [0.1, 0.15) is 25.0 Å². The number of carbonyl (C=O) groups excluding carboxylic acids is 1. The first-order valence-electron chi connectivity index (χ1n) is 8.15. The van der Waals surface area contributed by atoms with Gasteiger partial charge in [-0.05, 0) is 43.5 Å². The van der Waals surface area contributed by atoms with Crippen molar-refractivity contribution < 1.29 is 24.2 Å². The summed E-state index contributed by atoms with van der Waals surface area (Å²) in [5, 5.41) is 11.0. The van der Waals surface area contributed by atoms with Crippen LogP contribution in [0, 0.1) is 0 Å². The van der Waals surface area contributed by atoms with Gasteiger partial charge in [0.05, 0.1) is 19.8 Å². The van der Waals surface area contributed by atoms with Crippen molar-refractivity contribution in [1.82, 2.24) is 10.2 Å². The van der Waals surface area contributed by atoms with Gasteiger partial charge in [0.1, 0.15) is 6.54 Å². The fraction of sp³-hybridized carbons (Fsp3) is 0.529. The average molecular weight is 336 g/mol. The van der Waals surface area contributed by atoms with E-state index in [0.717, 1.165) is 30.0 Å². The molecule has 0 spiro atoms. The second-order valence-corrected chi connectivity index (χ2v) is 5.56. The molecule has 0 saturated heterocycles. The van der Waals surface area contributed by atoms with Crippen molar-refractivity contribution in [1.29, 1.82) is 0 Å². The molecule has 1 amide bonds. The molecule has 0 saturated carbocycles. The summed E-state index contributed by atoms with van der Waals surface area (Å²) in [4.78, 5) is 24.3. The Hall–Kier alpha value is -2.28. The van der Waals surface area contributed by atoms with Crippen LogP contribution in [0.25, 0.3) is 0 Å². The van der Waals surface area contributed by atoms with E-state index in [0.29, 0.717) is 19.8 Å². The minimum atomic E-state index is -1.04. The zero-order chi connectivity index (χ0) is 17.5. The van der Waals surface area contributed by atoms with E-state index in [1.807, 2.05) is 30.9 Å². The normalized spacial score (nSPS) is 13.9. The average Bonchev–Trinajstić information content (AvgIpc) is 2.54. The number of aliphatic carboxylic acids is 1. The van der Waals surface area contributed by atoms with Crippen molar-refractivity contribution in [2.24, 2.45) is 0 Å². The number of hydrogen-bond donors (Lipinski definition) is 2. The molecule has 1 heterocycles. The molecule has 0 bridgehead atoms. The largest absolute Gasteiger partial charge is 0.490 e. The summed E-state index contributed by atoms with van der Waals surface area (Å²) in [5.74, 6) is 0.148. The lowest BCUT2D eigenvalue weighted by atomic mass is 9.99. The van der Waals surface area contributed by atoms with Gasteiger partial charge in [0, 0.05) is 13.1 Å². The fourth-order valence-corrected chi connectivity index (χ4v) is 2.73. The van der Waals surface area contributed by atoms with E-state index in [4.69, 9.17) is 14.6 Å². The third-order valence-electron chi connectivity index (χ3n) is 3.76. The number of fused-ring (bicyclic) bond motifs is 1. The molecular weight excluding hydrogens is 312 g/mol. The molecule has 132 valence electrons. The number of ether oxygens (including phenoxy) is 2. The number of nitrogens with zero attached hydrogens (tertiary/aromatic N) is 1. The number of rotatable bonds is 8. The van der Waals surface area contributed by atoms with Crippen LogP contribution >= 0.6 is 0 Å². The Morgan fingerprint density at radius 2 is 1.79 bits per heavy atom. The van der Waals surface area contributed by atoms with Gasteiger partial charge in [0.2, 0.25) is 5.91 Å². The first-order valence-corrected chi connectivity index (χ1v) is 8.15. The molecule has 7 heteroatoms. The standard InChI is InChI=1S/C17H24N2O5/c1-3-23-14-7-12-5-6-19(11-16(20)18-9-17(21)22)10-13(12)8-15(14)24-4-2/h7-8H,3-6,9-11H2,1-2H3,(H,18,20)(H,21,22). The maximum atomic E-state index is 11.8. The van der Waals surface area contributed by atoms with Crippen molar-refractivity contribution in [3.63, 3.8) is 0 Å². The van der Waals surface area contributed by atoms with E-state index in [9.17, 15) is 9.59 Å². The summed E-state index contributed by atoms with van der Waals surface area (Å²) in [6.07, 6.45) is 0.814. The van der Waals surface area contributed by atoms with Gasteiger partial charge in [-0.2, -0.15) is 0 Å². The Balaban J connectivity index is 2.05. The summed E-state index contributed by atoms with van der Waals surface area (Å²) in [6.45, 7) is 6.20. The van der Waals surface area contributed by atoms with Crippen molar-refractivity contribution in [3.8, 4) is 11.5 Å². The summed E-state index contributed by atoms with van der Waals surface area (Å²) < 4.78 is 11.3. The first kappa shape index (κ1) is 18.1. The molecule has 1 aliphatic rings. The highest BCUT2D eigenvalue weighted by Crippen LogP contribution is 2.33. The van der Waals surface area contributed by atoms with Crippen molar-refractivity contribution in [3.05, 3.63) is 23.3 Å². The minimum Gasteiger partial charge on any atom is -0.490 e. The van der Waals surface area contributed by atoms with E-state index >= 15 is 0 Å². The highest BCUT2D eigenvalue weighted by molar-refractivity contribution is 5.82. The number of hydrogen-bond acceptors (Lipinski definition) is 5. The Bertz CT molecular complexity index is 603. The summed E-state index contributed by atoms with van der Waals surface area (Å²) >= 11 is 0. The molecule has 1 aromatic rings. The number of carboxylic acid groups (broad SMARTS) is 1. The molecule has 7 nitrogen and oxygen atoms in total. The predicted octanol–water partition coefficient (Wildman–Crippen LogP) is 1.04. The third kappa shape index (κ3) is 4.86. The first-order chi connectivity index (χ1) is 11.5. The van der Waals surface area contributed by atoms with E-state index in [2.05, 4.69) is 5.32 Å². The maximum Gasteiger partial charge on any atom is 0.322 e. The van der Waals surface area contributed by atoms with Gasteiger partial charge in [0.25, 0.3) is 0 Å². The van der Waals surface area contributed by atoms with Crippen molar-refractivity contribution >= 4 is 11.9 Å². The number of carboxylic acids is 1. The molecule has 0 unspecified atom stereocenters. The van der Waals surface area contributed by atoms with Gasteiger partial charge >= 0.3 is 5.97 Å². The van der Waals surface area contributed by atoms with Crippen LogP contribution in [-0.4, -0.2) is 54.7 Å². The highest BCUT2D eigenvalue weighted by atomic mass is 16.5. The molecule has 1 aromatic carbocycles. The Labute approximate surface area is 141 Å². The predicted molar refractivity (Wildman–Crippen MR) is 88.4 cm³/mol. The lowest BCUT2D eigenvalue weighted by molar-refractivity contribution is -0.138. The Morgan fingerprint density at radius 3 is 2.38 bits per heavy atom. The van der Waals surface area contributed by atoms with E-state index in [1.54, 1.807) is 0 Å². The summed E-state index contributed by atoms with van der Waals surface area (Å²) in [6, 6.07) is 4.00. The molecule has 2 N–H and O–H groups in total. The van der Waals surface area contributed by atoms with Crippen LogP contribution in [0.3, 0.4) is 0 Å². The molecule has 1 aliphatic heterocycles. The second kappa shape index (κ2) is 8.54. The molecule has 0 radical (unpaired) electrons. The van der Waals surface area contributed by atoms with Gasteiger partial charge in [-0.25, -0.2) is 0 Å². The van der Waals surface area contributed by atoms with E-state index in [1.165, 1.54) is 5.56 Å². The Kier molecular flexibility index (Phi) is 6.43. The molecule has 0 aliphatic carbocycles. The van der Waals surface area contributed by atoms with Gasteiger partial charge in [-0.1, -0.05) is 0 Å². The number of benzene rings is 1. The second-order valence-electron chi connectivity index (χ2n) is 5.56. The van der Waals surface area contributed by atoms with Crippen LogP contribution in [0.4, 0.5) is 0 Å². The maximum absolute atomic E-state index is 11.8. The highest BCUT2D eigenvalue weighted by Gasteiger charge is 2.21. The molecule has 0 fully saturated rings. The van der Waals surface area contributed by atoms with Crippen LogP contribution in [-0.2, 0) is 22.6 Å². The van der Waals surface area contributed by atoms with Crippen LogP contribution in [0.15, 0.2) is 12.1 Å². The molecule has 2 rings (SSSR count). The van der Waals surface area contributed by atoms with E-state index in [-0.39, 0.29) is 19.0 Å². The molecule has 0 atom stereocenters. The van der Waals surface area contributed by atoms with Gasteiger partial charge in [-0.3, -0.25) is 14.5 Å². The molecular formula is C17H24N2O5. The fourth-order valence-electron chi connectivity index (χ4n) is 2.73. The SMILES string of the molecule is CCOc1cc2c(cc1OCC)CN(CC(=O)NCC(=O)O)CC2. The van der Waals surface area contributed by atoms with Crippen LogP contribution in [0.5, 0.6) is 11.5 Å². The van der Waals surface area contributed by atoms with Crippen LogP contribution < -0.4 is 14.8 Å². The van der Waals surface area contributed by atoms with Gasteiger partial charge in [0.15, 0.2) is 11.5 Å². The van der Waals surface area contributed by atoms with Crippen LogP contribution in [0.2, 0.25) is 0 Å². The Morgan fingerprint density at radius 1 is 1.17 bits per heavy atom. The monoisotopic (exact) mass is 336 g/mol. The van der Waals surface area contributed by atoms with Gasteiger partial charge < -0.3 is 19.9 Å². The lowest BCUT2D eigenvalue weighted by Gasteiger charge is -2.29. The minimum absolute atomic E-state index is 0.184. The molecule has 0 aromatic heterocycles. The van der Waals surface area contributed by atoms with Crippen molar-refractivity contribution in [2.45, 2.75) is 26.8 Å². The number of amides is 1. The lowest BCUT2D eigenvalue weighted by Crippen LogP contribution is -2.41. The quantitative estimate of drug-likeness (QED) is 0.737.